The van der Waals surface area contributed by atoms with E-state index in [1.54, 1.807) is 18.2 Å². The minimum Gasteiger partial charge on any atom is -0.402 e. The van der Waals surface area contributed by atoms with Crippen LogP contribution in [-0.2, 0) is 4.57 Å². The number of nitrogen functional groups attached to an aromatic ring is 1. The van der Waals surface area contributed by atoms with E-state index in [4.69, 9.17) is 27.1 Å². The molecule has 122 valence electrons. The highest BCUT2D eigenvalue weighted by atomic mass is 35.5. The first-order chi connectivity index (χ1) is 10.8. The van der Waals surface area contributed by atoms with E-state index in [1.807, 2.05) is 31.2 Å². The molecule has 8 heteroatoms. The number of benzene rings is 2. The van der Waals surface area contributed by atoms with Gasteiger partial charge in [0.15, 0.2) is 5.75 Å². The van der Waals surface area contributed by atoms with Crippen LogP contribution in [-0.4, -0.2) is 14.8 Å². The van der Waals surface area contributed by atoms with E-state index in [-0.39, 0.29) is 5.75 Å². The lowest BCUT2D eigenvalue weighted by molar-refractivity contribution is 0.284. The number of aromatic nitrogens is 1. The van der Waals surface area contributed by atoms with E-state index >= 15 is 0 Å². The molecule has 3 aromatic rings. The number of hydrogen-bond acceptors (Lipinski definition) is 3. The van der Waals surface area contributed by atoms with Gasteiger partial charge in [-0.25, -0.2) is 4.57 Å². The van der Waals surface area contributed by atoms with E-state index in [1.165, 1.54) is 11.8 Å². The van der Waals surface area contributed by atoms with Gasteiger partial charge >= 0.3 is 7.82 Å². The largest absolute Gasteiger partial charge is 0.524 e. The summed E-state index contributed by atoms with van der Waals surface area (Å²) in [5.41, 5.74) is 8.16. The second kappa shape index (κ2) is 7.06. The van der Waals surface area contributed by atoms with Crippen molar-refractivity contribution in [3.63, 3.8) is 0 Å². The molecule has 0 fully saturated rings. The molecule has 5 N–H and O–H groups in total. The number of aromatic amines is 1. The number of phosphoric acid groups is 1. The van der Waals surface area contributed by atoms with Gasteiger partial charge < -0.3 is 15.2 Å². The van der Waals surface area contributed by atoms with Gasteiger partial charge in [-0.2, -0.15) is 0 Å². The fourth-order valence-corrected chi connectivity index (χ4v) is 2.54. The minimum absolute atomic E-state index is 0.0453. The molecule has 1 heterocycles. The van der Waals surface area contributed by atoms with Gasteiger partial charge in [0.05, 0.1) is 15.9 Å². The van der Waals surface area contributed by atoms with Crippen LogP contribution in [0.1, 0.15) is 5.56 Å². The second-order valence-electron chi connectivity index (χ2n) is 4.81. The van der Waals surface area contributed by atoms with Crippen molar-refractivity contribution in [3.8, 4) is 5.75 Å². The molecule has 23 heavy (non-hydrogen) atoms. The first-order valence-corrected chi connectivity index (χ1v) is 8.50. The Balaban J connectivity index is 0.000000203. The molecule has 0 radical (unpaired) electrons. The molecule has 3 rings (SSSR count). The van der Waals surface area contributed by atoms with Gasteiger partial charge in [-0.15, -0.1) is 0 Å². The van der Waals surface area contributed by atoms with E-state index in [0.29, 0.717) is 15.9 Å². The topological polar surface area (TPSA) is 109 Å². The Morgan fingerprint density at radius 2 is 1.83 bits per heavy atom. The number of halogens is 1. The number of phosphoric ester groups is 1. The summed E-state index contributed by atoms with van der Waals surface area (Å²) >= 11 is 5.88. The summed E-state index contributed by atoms with van der Waals surface area (Å²) in [7, 11) is -4.56. The van der Waals surface area contributed by atoms with E-state index < -0.39 is 7.82 Å². The summed E-state index contributed by atoms with van der Waals surface area (Å²) in [6, 6.07) is 12.9. The van der Waals surface area contributed by atoms with Crippen LogP contribution >= 0.6 is 19.4 Å². The van der Waals surface area contributed by atoms with E-state index in [9.17, 15) is 4.57 Å². The molecule has 0 amide bonds. The number of aryl methyl sites for hydroxylation is 1. The van der Waals surface area contributed by atoms with Crippen molar-refractivity contribution in [1.29, 1.82) is 0 Å². The third-order valence-electron chi connectivity index (χ3n) is 2.91. The van der Waals surface area contributed by atoms with Crippen LogP contribution in [0, 0.1) is 6.92 Å². The van der Waals surface area contributed by atoms with Crippen LogP contribution in [0.3, 0.4) is 0 Å². The van der Waals surface area contributed by atoms with Crippen molar-refractivity contribution in [1.82, 2.24) is 4.98 Å². The van der Waals surface area contributed by atoms with Crippen molar-refractivity contribution in [2.24, 2.45) is 0 Å². The molecule has 0 aliphatic rings. The standard InChI is InChI=1S/C8H7ClNO4P.C7H9N/c9-5-2-1-3-6-8(5)7(4-10-6)14-15(11,12)13;1-6-2-4-7(8)5-3-6/h1-4,10H,(H2,11,12,13);2-5H,8H2,1H3. The van der Waals surface area contributed by atoms with Gasteiger partial charge in [0, 0.05) is 11.9 Å². The van der Waals surface area contributed by atoms with Crippen molar-refractivity contribution >= 4 is 36.0 Å². The highest BCUT2D eigenvalue weighted by molar-refractivity contribution is 7.46. The zero-order valence-corrected chi connectivity index (χ0v) is 13.9. The smallest absolute Gasteiger partial charge is 0.402 e. The van der Waals surface area contributed by atoms with Crippen LogP contribution in [0.4, 0.5) is 5.69 Å². The lowest BCUT2D eigenvalue weighted by Crippen LogP contribution is -1.88. The van der Waals surface area contributed by atoms with E-state index in [0.717, 1.165) is 5.69 Å². The molecule has 0 saturated carbocycles. The van der Waals surface area contributed by atoms with Crippen LogP contribution in [0.2, 0.25) is 5.02 Å². The van der Waals surface area contributed by atoms with Crippen molar-refractivity contribution in [3.05, 3.63) is 59.2 Å². The lowest BCUT2D eigenvalue weighted by atomic mass is 10.2. The van der Waals surface area contributed by atoms with Crippen molar-refractivity contribution in [2.45, 2.75) is 6.92 Å². The quantitative estimate of drug-likeness (QED) is 0.412. The maximum atomic E-state index is 10.7. The zero-order valence-electron chi connectivity index (χ0n) is 12.2. The number of hydrogen-bond donors (Lipinski definition) is 4. The lowest BCUT2D eigenvalue weighted by Gasteiger charge is -2.05. The average molecular weight is 355 g/mol. The number of nitrogens with two attached hydrogens (primary N) is 1. The molecular weight excluding hydrogens is 339 g/mol. The maximum absolute atomic E-state index is 10.7. The van der Waals surface area contributed by atoms with Gasteiger partial charge in [-0.05, 0) is 31.2 Å². The van der Waals surface area contributed by atoms with E-state index in [2.05, 4.69) is 9.51 Å². The van der Waals surface area contributed by atoms with Crippen LogP contribution in [0.5, 0.6) is 5.75 Å². The molecule has 0 aliphatic heterocycles. The Kier molecular flexibility index (Phi) is 5.34. The Hall–Kier alpha value is -1.98. The molecule has 0 bridgehead atoms. The molecular formula is C15H16ClN2O4P. The maximum Gasteiger partial charge on any atom is 0.524 e. The van der Waals surface area contributed by atoms with Gasteiger partial charge in [-0.3, -0.25) is 9.79 Å². The molecule has 0 unspecified atom stereocenters. The Labute approximate surface area is 138 Å². The molecule has 0 aliphatic carbocycles. The summed E-state index contributed by atoms with van der Waals surface area (Å²) < 4.78 is 15.2. The predicted octanol–water partition coefficient (Wildman–Crippen LogP) is 3.87. The van der Waals surface area contributed by atoms with Crippen molar-refractivity contribution in [2.75, 3.05) is 5.73 Å². The highest BCUT2D eigenvalue weighted by Gasteiger charge is 2.19. The minimum atomic E-state index is -4.56. The predicted molar refractivity (Wildman–Crippen MR) is 91.6 cm³/mol. The summed E-state index contributed by atoms with van der Waals surface area (Å²) in [6.07, 6.45) is 1.36. The van der Waals surface area contributed by atoms with Crippen LogP contribution < -0.4 is 10.3 Å². The number of nitrogens with one attached hydrogen (secondary N) is 1. The van der Waals surface area contributed by atoms with Crippen molar-refractivity contribution < 1.29 is 18.9 Å². The molecule has 1 aromatic heterocycles. The number of rotatable bonds is 2. The summed E-state index contributed by atoms with van der Waals surface area (Å²) in [5.74, 6) is 0.0453. The fraction of sp³-hybridized carbons (Fsp3) is 0.0667. The number of anilines is 1. The monoisotopic (exact) mass is 354 g/mol. The molecule has 6 nitrogen and oxygen atoms in total. The average Bonchev–Trinajstić information content (AvgIpc) is 2.85. The Morgan fingerprint density at radius 1 is 1.17 bits per heavy atom. The second-order valence-corrected chi connectivity index (χ2v) is 6.38. The summed E-state index contributed by atoms with van der Waals surface area (Å²) in [5, 5.41) is 0.833. The number of H-pyrrole nitrogens is 1. The molecule has 0 atom stereocenters. The normalized spacial score (nSPS) is 11.0. The van der Waals surface area contributed by atoms with Crippen LogP contribution in [0.15, 0.2) is 48.7 Å². The van der Waals surface area contributed by atoms with Gasteiger partial charge in [0.25, 0.3) is 0 Å². The zero-order chi connectivity index (χ0) is 17.0. The number of fused-ring (bicyclic) bond motifs is 1. The summed E-state index contributed by atoms with van der Waals surface area (Å²) in [6.45, 7) is 2.04. The Morgan fingerprint density at radius 3 is 2.39 bits per heavy atom. The van der Waals surface area contributed by atoms with Gasteiger partial charge in [-0.1, -0.05) is 35.4 Å². The fourth-order valence-electron chi connectivity index (χ4n) is 1.88. The van der Waals surface area contributed by atoms with Crippen LogP contribution in [0.25, 0.3) is 10.9 Å². The highest BCUT2D eigenvalue weighted by Crippen LogP contribution is 2.42. The molecule has 0 spiro atoms. The third-order valence-corrected chi connectivity index (χ3v) is 3.66. The first-order valence-electron chi connectivity index (χ1n) is 6.59. The third kappa shape index (κ3) is 5.01. The Bertz CT molecular complexity index is 821. The summed E-state index contributed by atoms with van der Waals surface area (Å²) in [4.78, 5) is 20.1. The molecule has 0 saturated heterocycles. The first kappa shape index (κ1) is 17.4. The van der Waals surface area contributed by atoms with Gasteiger partial charge in [0.1, 0.15) is 0 Å². The SMILES string of the molecule is Cc1ccc(N)cc1.O=P(O)(O)Oc1c[nH]c2cccc(Cl)c12. The molecule has 2 aromatic carbocycles. The van der Waals surface area contributed by atoms with Gasteiger partial charge in [0.2, 0.25) is 0 Å².